The minimum atomic E-state index is -0.681. The molecule has 0 aliphatic carbocycles. The minimum absolute atomic E-state index is 0.137. The number of hydrogen-bond donors (Lipinski definition) is 5. The van der Waals surface area contributed by atoms with E-state index in [9.17, 15) is 19.2 Å². The zero-order valence-electron chi connectivity index (χ0n) is 36.4. The van der Waals surface area contributed by atoms with Gasteiger partial charge in [0.15, 0.2) is 0 Å². The molecule has 4 amide bonds. The van der Waals surface area contributed by atoms with Crippen LogP contribution in [-0.4, -0.2) is 114 Å². The van der Waals surface area contributed by atoms with Crippen LogP contribution in [0.1, 0.15) is 73.3 Å². The van der Waals surface area contributed by atoms with E-state index in [1.54, 1.807) is 38.9 Å². The molecule has 8 N–H and O–H groups in total. The lowest BCUT2D eigenvalue weighted by Crippen LogP contribution is -2.44. The fourth-order valence-electron chi connectivity index (χ4n) is 8.41. The molecular weight excluding hydrogens is 825 g/mol. The normalized spacial score (nSPS) is 14.8. The first kappa shape index (κ1) is 43.4. The third-order valence-electron chi connectivity index (χ3n) is 11.7. The first-order chi connectivity index (χ1) is 30.7. The number of anilines is 3. The molecule has 6 aromatic rings. The maximum atomic E-state index is 13.9. The summed E-state index contributed by atoms with van der Waals surface area (Å²) in [6.45, 7) is 12.8. The maximum absolute atomic E-state index is 13.9. The summed E-state index contributed by atoms with van der Waals surface area (Å²) in [4.78, 5) is 64.4. The molecule has 21 heteroatoms. The van der Waals surface area contributed by atoms with E-state index in [1.165, 1.54) is 23.9 Å². The Morgan fingerprint density at radius 1 is 0.828 bits per heavy atom. The molecule has 64 heavy (non-hydrogen) atoms. The lowest BCUT2D eigenvalue weighted by molar-refractivity contribution is -0.105. The number of imidazole rings is 2. The van der Waals surface area contributed by atoms with E-state index in [1.807, 2.05) is 32.9 Å². The van der Waals surface area contributed by atoms with E-state index in [4.69, 9.17) is 41.4 Å². The molecule has 8 rings (SSSR count). The standard InChI is InChI=1S/C43H52N14O7/c1-6-56-30(16-24(3)51-56)39(60)49-41-48-29-18-27(38(46)59)20-32(64-15-14-53-13-10-43(21-53)22-63-23-43)35(29)55(41)12-9-8-11-54-34-28(17-26(37(45)58)19-31(34)62-5)47-42(54)50-40(61)36-33(44)25(4)52-57(36)7-2/h8-9,16-20H,6-7,10-15,21-23,44H2,1-5H3,(H2,45,58)(H2,46,59)(H,47,50,61)(H,48,49,60)/b9-8+. The van der Waals surface area contributed by atoms with Crippen molar-refractivity contribution in [2.75, 3.05) is 62.9 Å². The van der Waals surface area contributed by atoms with Gasteiger partial charge in [0.25, 0.3) is 11.8 Å². The Kier molecular flexibility index (Phi) is 11.9. The fraction of sp³-hybridized carbons (Fsp3) is 0.395. The molecule has 6 heterocycles. The van der Waals surface area contributed by atoms with Crippen molar-refractivity contribution in [2.45, 2.75) is 60.3 Å². The zero-order chi connectivity index (χ0) is 45.4. The molecule has 2 aromatic carbocycles. The van der Waals surface area contributed by atoms with E-state index in [2.05, 4.69) is 25.7 Å². The van der Waals surface area contributed by atoms with Gasteiger partial charge in [0.1, 0.15) is 40.5 Å². The summed E-state index contributed by atoms with van der Waals surface area (Å²) in [6, 6.07) is 7.89. The van der Waals surface area contributed by atoms with E-state index < -0.39 is 23.6 Å². The molecule has 2 saturated heterocycles. The Hall–Kier alpha value is -7.26. The number of benzene rings is 2. The van der Waals surface area contributed by atoms with Crippen LogP contribution in [0.5, 0.6) is 11.5 Å². The second-order valence-electron chi connectivity index (χ2n) is 16.1. The lowest BCUT2D eigenvalue weighted by Gasteiger charge is -2.37. The molecule has 4 aromatic heterocycles. The van der Waals surface area contributed by atoms with Crippen LogP contribution >= 0.6 is 0 Å². The Labute approximate surface area is 367 Å². The number of carbonyl (C=O) groups is 4. The third kappa shape index (κ3) is 8.21. The van der Waals surface area contributed by atoms with Crippen LogP contribution in [0.25, 0.3) is 22.1 Å². The van der Waals surface area contributed by atoms with E-state index in [0.29, 0.717) is 76.9 Å². The number of likely N-dealkylation sites (tertiary alicyclic amines) is 1. The number of allylic oxidation sites excluding steroid dienone is 2. The highest BCUT2D eigenvalue weighted by Gasteiger charge is 2.44. The van der Waals surface area contributed by atoms with Crippen LogP contribution in [0.4, 0.5) is 17.6 Å². The zero-order valence-corrected chi connectivity index (χ0v) is 36.4. The van der Waals surface area contributed by atoms with Gasteiger partial charge in [0.2, 0.25) is 23.7 Å². The molecule has 2 aliphatic heterocycles. The Bertz CT molecular complexity index is 2850. The van der Waals surface area contributed by atoms with Crippen molar-refractivity contribution in [1.82, 2.24) is 43.6 Å². The number of nitrogens with two attached hydrogens (primary N) is 3. The van der Waals surface area contributed by atoms with Gasteiger partial charge >= 0.3 is 0 Å². The van der Waals surface area contributed by atoms with Crippen LogP contribution in [0, 0.1) is 19.3 Å². The molecule has 2 aliphatic rings. The van der Waals surface area contributed by atoms with Gasteiger partial charge in [-0.1, -0.05) is 12.2 Å². The van der Waals surface area contributed by atoms with Gasteiger partial charge in [-0.05, 0) is 71.0 Å². The molecule has 336 valence electrons. The molecule has 0 saturated carbocycles. The van der Waals surface area contributed by atoms with E-state index >= 15 is 0 Å². The molecule has 0 unspecified atom stereocenters. The van der Waals surface area contributed by atoms with Gasteiger partial charge in [0, 0.05) is 55.8 Å². The first-order valence-electron chi connectivity index (χ1n) is 21.0. The van der Waals surface area contributed by atoms with Crippen molar-refractivity contribution in [2.24, 2.45) is 16.9 Å². The van der Waals surface area contributed by atoms with Crippen molar-refractivity contribution in [3.05, 3.63) is 76.4 Å². The average molecular weight is 877 g/mol. The summed E-state index contributed by atoms with van der Waals surface area (Å²) in [6.07, 6.45) is 4.75. The van der Waals surface area contributed by atoms with Gasteiger partial charge < -0.3 is 40.5 Å². The summed E-state index contributed by atoms with van der Waals surface area (Å²) in [5.41, 5.74) is 22.0. The first-order valence-corrected chi connectivity index (χ1v) is 21.0. The van der Waals surface area contributed by atoms with Crippen molar-refractivity contribution in [1.29, 1.82) is 0 Å². The molecule has 1 spiro atoms. The predicted molar refractivity (Wildman–Crippen MR) is 238 cm³/mol. The number of aromatic nitrogens is 8. The topological polar surface area (TPSA) is 273 Å². The lowest BCUT2D eigenvalue weighted by atomic mass is 9.85. The van der Waals surface area contributed by atoms with Crippen LogP contribution in [-0.2, 0) is 30.9 Å². The number of nitrogens with one attached hydrogen (secondary N) is 2. The van der Waals surface area contributed by atoms with Gasteiger partial charge in [0.05, 0.1) is 48.4 Å². The number of carbonyl (C=O) groups excluding carboxylic acids is 4. The SMILES string of the molecule is CCn1nc(C)cc1C(=O)Nc1nc2cc(C(N)=O)cc(OCCN3CCC4(COC4)C3)c2n1C/C=C/Cn1c(NC(=O)c2c(N)c(C)nn2CC)nc2cc(C(N)=O)cc(OC)c21. The average Bonchev–Trinajstić information content (AvgIpc) is 4.08. The van der Waals surface area contributed by atoms with Gasteiger partial charge in [-0.25, -0.2) is 9.97 Å². The minimum Gasteiger partial charge on any atom is -0.494 e. The number of methoxy groups -OCH3 is 1. The summed E-state index contributed by atoms with van der Waals surface area (Å²) in [5, 5.41) is 14.7. The van der Waals surface area contributed by atoms with Crippen molar-refractivity contribution >= 4 is 63.3 Å². The second-order valence-corrected chi connectivity index (χ2v) is 16.1. The van der Waals surface area contributed by atoms with Crippen LogP contribution < -0.4 is 37.3 Å². The van der Waals surface area contributed by atoms with Crippen LogP contribution in [0.15, 0.2) is 42.5 Å². The molecule has 0 atom stereocenters. The molecule has 0 bridgehead atoms. The summed E-state index contributed by atoms with van der Waals surface area (Å²) in [5.74, 6) is -1.33. The summed E-state index contributed by atoms with van der Waals surface area (Å²) in [7, 11) is 1.46. The number of primary amides is 2. The highest BCUT2D eigenvalue weighted by atomic mass is 16.5. The molecule has 0 radical (unpaired) electrons. The maximum Gasteiger partial charge on any atom is 0.278 e. The molecule has 2 fully saturated rings. The van der Waals surface area contributed by atoms with Crippen LogP contribution in [0.3, 0.4) is 0 Å². The van der Waals surface area contributed by atoms with E-state index in [0.717, 1.165) is 32.7 Å². The number of aryl methyl sites for hydroxylation is 4. The molecular formula is C43H52N14O7. The smallest absolute Gasteiger partial charge is 0.278 e. The monoisotopic (exact) mass is 876 g/mol. The van der Waals surface area contributed by atoms with Crippen molar-refractivity contribution in [3.63, 3.8) is 0 Å². The number of nitrogen functional groups attached to an aromatic ring is 1. The van der Waals surface area contributed by atoms with Gasteiger partial charge in [-0.15, -0.1) is 0 Å². The quantitative estimate of drug-likeness (QED) is 0.0826. The fourth-order valence-corrected chi connectivity index (χ4v) is 8.41. The van der Waals surface area contributed by atoms with Crippen molar-refractivity contribution < 1.29 is 33.4 Å². The largest absolute Gasteiger partial charge is 0.494 e. The Balaban J connectivity index is 1.15. The number of fused-ring (bicyclic) bond motifs is 2. The number of ether oxygens (including phenoxy) is 3. The molecule has 21 nitrogen and oxygen atoms in total. The van der Waals surface area contributed by atoms with Crippen LogP contribution in [0.2, 0.25) is 0 Å². The number of hydrogen-bond acceptors (Lipinski definition) is 13. The summed E-state index contributed by atoms with van der Waals surface area (Å²) < 4.78 is 24.3. The highest BCUT2D eigenvalue weighted by Crippen LogP contribution is 2.38. The number of nitrogens with zero attached hydrogens (tertiary/aromatic N) is 9. The van der Waals surface area contributed by atoms with Gasteiger partial charge in [-0.2, -0.15) is 10.2 Å². The Morgan fingerprint density at radius 2 is 1.42 bits per heavy atom. The van der Waals surface area contributed by atoms with Crippen molar-refractivity contribution in [3.8, 4) is 11.5 Å². The number of rotatable bonds is 17. The Morgan fingerprint density at radius 3 is 1.97 bits per heavy atom. The summed E-state index contributed by atoms with van der Waals surface area (Å²) >= 11 is 0. The number of amides is 4. The predicted octanol–water partition coefficient (Wildman–Crippen LogP) is 3.09. The van der Waals surface area contributed by atoms with E-state index in [-0.39, 0.29) is 52.9 Å². The third-order valence-corrected chi connectivity index (χ3v) is 11.7. The van der Waals surface area contributed by atoms with Gasteiger partial charge in [-0.3, -0.25) is 44.1 Å². The highest BCUT2D eigenvalue weighted by molar-refractivity contribution is 6.07. The second kappa shape index (κ2) is 17.5.